The van der Waals surface area contributed by atoms with E-state index in [-0.39, 0.29) is 28.5 Å². The van der Waals surface area contributed by atoms with Crippen molar-refractivity contribution in [3.8, 4) is 0 Å². The summed E-state index contributed by atoms with van der Waals surface area (Å²) in [7, 11) is 0. The number of hydrogen-bond acceptors (Lipinski definition) is 3. The van der Waals surface area contributed by atoms with Crippen molar-refractivity contribution < 1.29 is 13.2 Å². The zero-order chi connectivity index (χ0) is 14.6. The summed E-state index contributed by atoms with van der Waals surface area (Å²) in [5, 5.41) is 3.06. The second-order valence-electron chi connectivity index (χ2n) is 6.18. The number of nitrogens with one attached hydrogen (secondary N) is 1. The number of halogens is 3. The Labute approximate surface area is 110 Å². The number of nitrogens with two attached hydrogens (primary N) is 1. The molecule has 0 radical (unpaired) electrons. The van der Waals surface area contributed by atoms with Crippen LogP contribution in [-0.4, -0.2) is 11.0 Å². The summed E-state index contributed by atoms with van der Waals surface area (Å²) < 4.78 is 38.1. The number of pyridine rings is 1. The minimum atomic E-state index is -4.41. The Bertz CT molecular complexity index is 492. The Balaban J connectivity index is 2.26. The highest BCUT2D eigenvalue weighted by Crippen LogP contribution is 2.63. The van der Waals surface area contributed by atoms with E-state index < -0.39 is 11.7 Å². The van der Waals surface area contributed by atoms with E-state index >= 15 is 0 Å². The first-order valence-corrected chi connectivity index (χ1v) is 6.07. The second kappa shape index (κ2) is 3.77. The van der Waals surface area contributed by atoms with Gasteiger partial charge in [0.15, 0.2) is 0 Å². The van der Waals surface area contributed by atoms with Crippen LogP contribution in [0.3, 0.4) is 0 Å². The van der Waals surface area contributed by atoms with Crippen LogP contribution in [0.5, 0.6) is 0 Å². The molecule has 0 atom stereocenters. The lowest BCUT2D eigenvalue weighted by molar-refractivity contribution is -0.137. The minimum absolute atomic E-state index is 0.0116. The standard InChI is InChI=1S/C13H18F3N3/c1-11(2)10(12(11,3)4)19-9-6-7(13(14,15)16)5-8(17)18-9/h5-6,10H,1-4H3,(H3,17,18,19). The molecule has 0 bridgehead atoms. The molecular formula is C13H18F3N3. The maximum Gasteiger partial charge on any atom is 0.416 e. The van der Waals surface area contributed by atoms with E-state index in [9.17, 15) is 13.2 Å². The van der Waals surface area contributed by atoms with Crippen molar-refractivity contribution in [1.82, 2.24) is 4.98 Å². The second-order valence-corrected chi connectivity index (χ2v) is 6.18. The topological polar surface area (TPSA) is 50.9 Å². The SMILES string of the molecule is CC1(C)C(Nc2cc(C(F)(F)F)cc(N)n2)C1(C)C. The predicted octanol–water partition coefficient (Wildman–Crippen LogP) is 3.53. The van der Waals surface area contributed by atoms with E-state index in [1.54, 1.807) is 0 Å². The first-order valence-electron chi connectivity index (χ1n) is 6.07. The molecule has 0 saturated heterocycles. The molecule has 0 aliphatic heterocycles. The normalized spacial score (nSPS) is 21.2. The Morgan fingerprint density at radius 1 is 1.16 bits per heavy atom. The fourth-order valence-corrected chi connectivity index (χ4v) is 2.49. The van der Waals surface area contributed by atoms with E-state index in [1.807, 2.05) is 0 Å². The highest BCUT2D eigenvalue weighted by atomic mass is 19.4. The van der Waals surface area contributed by atoms with E-state index in [2.05, 4.69) is 38.0 Å². The van der Waals surface area contributed by atoms with Crippen molar-refractivity contribution in [2.24, 2.45) is 10.8 Å². The van der Waals surface area contributed by atoms with Gasteiger partial charge >= 0.3 is 6.18 Å². The Hall–Kier alpha value is -1.46. The van der Waals surface area contributed by atoms with Gasteiger partial charge < -0.3 is 11.1 Å². The highest BCUT2D eigenvalue weighted by Gasteiger charge is 2.65. The molecule has 1 saturated carbocycles. The number of alkyl halides is 3. The lowest BCUT2D eigenvalue weighted by atomic mass is 10.0. The highest BCUT2D eigenvalue weighted by molar-refractivity contribution is 5.50. The number of nitrogen functional groups attached to an aromatic ring is 1. The van der Waals surface area contributed by atoms with Crippen LogP contribution in [0.4, 0.5) is 24.8 Å². The number of nitrogens with zero attached hydrogens (tertiary/aromatic N) is 1. The van der Waals surface area contributed by atoms with Gasteiger partial charge in [-0.25, -0.2) is 4.98 Å². The molecule has 19 heavy (non-hydrogen) atoms. The lowest BCUT2D eigenvalue weighted by Gasteiger charge is -2.12. The van der Waals surface area contributed by atoms with Crippen molar-refractivity contribution in [3.05, 3.63) is 17.7 Å². The first-order chi connectivity index (χ1) is 8.46. The predicted molar refractivity (Wildman–Crippen MR) is 68.6 cm³/mol. The molecule has 3 N–H and O–H groups in total. The number of anilines is 2. The third-order valence-electron chi connectivity index (χ3n) is 4.49. The Morgan fingerprint density at radius 3 is 2.11 bits per heavy atom. The zero-order valence-electron chi connectivity index (χ0n) is 11.4. The van der Waals surface area contributed by atoms with Crippen molar-refractivity contribution in [2.75, 3.05) is 11.1 Å². The smallest absolute Gasteiger partial charge is 0.384 e. The van der Waals surface area contributed by atoms with Gasteiger partial charge in [-0.05, 0) is 23.0 Å². The summed E-state index contributed by atoms with van der Waals surface area (Å²) in [6.07, 6.45) is -4.41. The van der Waals surface area contributed by atoms with E-state index in [0.717, 1.165) is 12.1 Å². The zero-order valence-corrected chi connectivity index (χ0v) is 11.4. The van der Waals surface area contributed by atoms with E-state index in [4.69, 9.17) is 5.73 Å². The minimum Gasteiger partial charge on any atom is -0.384 e. The van der Waals surface area contributed by atoms with E-state index in [0.29, 0.717) is 0 Å². The summed E-state index contributed by atoms with van der Waals surface area (Å²) in [5.74, 6) is 0.0459. The molecule has 1 aliphatic rings. The third-order valence-corrected chi connectivity index (χ3v) is 4.49. The van der Waals surface area contributed by atoms with Gasteiger partial charge in [0.2, 0.25) is 0 Å². The molecule has 1 aliphatic carbocycles. The lowest BCUT2D eigenvalue weighted by Crippen LogP contribution is -2.14. The molecule has 0 amide bonds. The third kappa shape index (κ3) is 2.24. The number of aromatic nitrogens is 1. The molecule has 0 spiro atoms. The fraction of sp³-hybridized carbons (Fsp3) is 0.615. The van der Waals surface area contributed by atoms with Gasteiger partial charge in [0.05, 0.1) is 5.56 Å². The van der Waals surface area contributed by atoms with Gasteiger partial charge in [-0.3, -0.25) is 0 Å². The quantitative estimate of drug-likeness (QED) is 0.866. The molecule has 0 aromatic carbocycles. The maximum absolute atomic E-state index is 12.7. The Morgan fingerprint density at radius 2 is 1.68 bits per heavy atom. The van der Waals surface area contributed by atoms with Crippen molar-refractivity contribution in [2.45, 2.75) is 39.9 Å². The molecule has 1 aromatic heterocycles. The summed E-state index contributed by atoms with van der Waals surface area (Å²) in [4.78, 5) is 3.93. The fourth-order valence-electron chi connectivity index (χ4n) is 2.49. The Kier molecular flexibility index (Phi) is 2.77. The molecule has 1 fully saturated rings. The number of hydrogen-bond donors (Lipinski definition) is 2. The van der Waals surface area contributed by atoms with Gasteiger partial charge in [0, 0.05) is 6.04 Å². The van der Waals surface area contributed by atoms with Gasteiger partial charge in [-0.15, -0.1) is 0 Å². The first kappa shape index (κ1) is 14.0. The van der Waals surface area contributed by atoms with Crippen LogP contribution >= 0.6 is 0 Å². The summed E-state index contributed by atoms with van der Waals surface area (Å²) in [5.41, 5.74) is 4.68. The average Bonchev–Trinajstić information content (AvgIpc) is 2.59. The van der Waals surface area contributed by atoms with E-state index in [1.165, 1.54) is 0 Å². The molecule has 6 heteroatoms. The van der Waals surface area contributed by atoms with Crippen molar-refractivity contribution in [1.29, 1.82) is 0 Å². The van der Waals surface area contributed by atoms with Crippen LogP contribution in [0.25, 0.3) is 0 Å². The number of rotatable bonds is 2. The summed E-state index contributed by atoms with van der Waals surface area (Å²) in [6, 6.07) is 1.92. The van der Waals surface area contributed by atoms with Gasteiger partial charge in [0.1, 0.15) is 11.6 Å². The average molecular weight is 273 g/mol. The molecular weight excluding hydrogens is 255 g/mol. The van der Waals surface area contributed by atoms with Crippen LogP contribution in [0.1, 0.15) is 33.3 Å². The largest absolute Gasteiger partial charge is 0.416 e. The maximum atomic E-state index is 12.7. The molecule has 2 rings (SSSR count). The molecule has 106 valence electrons. The summed E-state index contributed by atoms with van der Waals surface area (Å²) >= 11 is 0. The van der Waals surface area contributed by atoms with Crippen LogP contribution in [0.2, 0.25) is 0 Å². The molecule has 1 aromatic rings. The van der Waals surface area contributed by atoms with Gasteiger partial charge in [-0.2, -0.15) is 13.2 Å². The molecule has 3 nitrogen and oxygen atoms in total. The van der Waals surface area contributed by atoms with Crippen molar-refractivity contribution in [3.63, 3.8) is 0 Å². The molecule has 1 heterocycles. The van der Waals surface area contributed by atoms with Crippen LogP contribution in [0, 0.1) is 10.8 Å². The monoisotopic (exact) mass is 273 g/mol. The summed E-state index contributed by atoms with van der Waals surface area (Å²) in [6.45, 7) is 8.28. The molecule has 0 unspecified atom stereocenters. The van der Waals surface area contributed by atoms with Gasteiger partial charge in [0.25, 0.3) is 0 Å². The van der Waals surface area contributed by atoms with Crippen LogP contribution < -0.4 is 11.1 Å². The van der Waals surface area contributed by atoms with Crippen molar-refractivity contribution >= 4 is 11.6 Å². The van der Waals surface area contributed by atoms with Crippen LogP contribution in [-0.2, 0) is 6.18 Å². The van der Waals surface area contributed by atoms with Gasteiger partial charge in [-0.1, -0.05) is 27.7 Å². The van der Waals surface area contributed by atoms with Crippen LogP contribution in [0.15, 0.2) is 12.1 Å².